The lowest BCUT2D eigenvalue weighted by Crippen LogP contribution is -2.55. The molecule has 3 N–H and O–H groups in total. The van der Waals surface area contributed by atoms with Crippen LogP contribution in [-0.2, 0) is 100.0 Å². The molecule has 4 aromatic rings. The van der Waals surface area contributed by atoms with Gasteiger partial charge < -0.3 is 29.5 Å². The quantitative estimate of drug-likeness (QED) is 0.0672. The molecular formula is C60H87N3O12. The predicted octanol–water partition coefficient (Wildman–Crippen LogP) is 8.56. The van der Waals surface area contributed by atoms with Crippen molar-refractivity contribution in [3.8, 4) is 17.2 Å². The average Bonchev–Trinajstić information content (AvgIpc) is 3.24. The maximum absolute atomic E-state index is 13.9. The normalized spacial score (nSPS) is 12.9. The fourth-order valence-electron chi connectivity index (χ4n) is 8.94. The fraction of sp³-hybridized carbons (Fsp3) is 0.600. The lowest BCUT2D eigenvalue weighted by molar-refractivity contribution is -0.123. The van der Waals surface area contributed by atoms with Gasteiger partial charge >= 0.3 is 17.1 Å². The van der Waals surface area contributed by atoms with Gasteiger partial charge in [0.2, 0.25) is 0 Å². The molecular weight excluding hydrogens is 955 g/mol. The number of benzene rings is 3. The van der Waals surface area contributed by atoms with Gasteiger partial charge in [0, 0.05) is 19.3 Å². The molecule has 4 rings (SSSR count). The monoisotopic (exact) mass is 1040 g/mol. The summed E-state index contributed by atoms with van der Waals surface area (Å²) in [5, 5.41) is 33.5. The van der Waals surface area contributed by atoms with Gasteiger partial charge in [0.1, 0.15) is 37.1 Å². The number of carbonyl (C=O) groups excluding carboxylic acids is 3. The second-order valence-electron chi connectivity index (χ2n) is 26.2. The van der Waals surface area contributed by atoms with Crippen molar-refractivity contribution in [3.05, 3.63) is 118 Å². The Bertz CT molecular complexity index is 2460. The lowest BCUT2D eigenvalue weighted by Gasteiger charge is -2.28. The van der Waals surface area contributed by atoms with E-state index in [0.29, 0.717) is 16.7 Å². The zero-order valence-corrected chi connectivity index (χ0v) is 48.3. The van der Waals surface area contributed by atoms with Crippen molar-refractivity contribution in [2.75, 3.05) is 39.6 Å². The number of phenols is 3. The van der Waals surface area contributed by atoms with E-state index < -0.39 is 49.6 Å². The summed E-state index contributed by atoms with van der Waals surface area (Å²) >= 11 is 0. The molecule has 15 heteroatoms. The van der Waals surface area contributed by atoms with Gasteiger partial charge in [0.25, 0.3) is 0 Å². The number of carbonyl (C=O) groups is 3. The summed E-state index contributed by atoms with van der Waals surface area (Å²) in [6.07, 6.45) is 0.0559. The molecule has 3 aromatic carbocycles. The molecule has 75 heavy (non-hydrogen) atoms. The molecule has 0 spiro atoms. The first-order chi connectivity index (χ1) is 34.2. The van der Waals surface area contributed by atoms with Crippen molar-refractivity contribution in [1.29, 1.82) is 0 Å². The van der Waals surface area contributed by atoms with Crippen LogP contribution in [0, 0.1) is 0 Å². The average molecular weight is 1040 g/mol. The number of ether oxygens (including phenoxy) is 3. The van der Waals surface area contributed by atoms with E-state index in [2.05, 4.69) is 0 Å². The van der Waals surface area contributed by atoms with Crippen molar-refractivity contribution in [2.24, 2.45) is 0 Å². The minimum absolute atomic E-state index is 0.0186. The van der Waals surface area contributed by atoms with Crippen LogP contribution in [0.4, 0.5) is 0 Å². The van der Waals surface area contributed by atoms with E-state index in [4.69, 9.17) is 14.2 Å². The number of rotatable bonds is 21. The Kier molecular flexibility index (Phi) is 19.6. The highest BCUT2D eigenvalue weighted by molar-refractivity contribution is 5.83. The molecule has 0 atom stereocenters. The molecule has 0 fully saturated rings. The number of ketones is 3. The van der Waals surface area contributed by atoms with Crippen LogP contribution in [0.1, 0.15) is 175 Å². The molecule has 0 aliphatic carbocycles. The number of hydrogen-bond acceptors (Lipinski definition) is 12. The van der Waals surface area contributed by atoms with Gasteiger partial charge in [-0.15, -0.1) is 0 Å². The van der Waals surface area contributed by atoms with Crippen molar-refractivity contribution < 1.29 is 43.9 Å². The summed E-state index contributed by atoms with van der Waals surface area (Å²) in [5.41, 5.74) is 1.25. The Morgan fingerprint density at radius 2 is 0.533 bits per heavy atom. The van der Waals surface area contributed by atoms with Gasteiger partial charge in [0.05, 0.1) is 39.5 Å². The molecule has 0 saturated heterocycles. The van der Waals surface area contributed by atoms with Crippen molar-refractivity contribution in [3.63, 3.8) is 0 Å². The van der Waals surface area contributed by atoms with Crippen LogP contribution in [0.3, 0.4) is 0 Å². The molecule has 0 aliphatic heterocycles. The molecule has 1 aromatic heterocycles. The Morgan fingerprint density at radius 1 is 0.360 bits per heavy atom. The number of phenolic OH excluding ortho intramolecular Hbond substituents is 3. The summed E-state index contributed by atoms with van der Waals surface area (Å²) < 4.78 is 19.7. The Balaban J connectivity index is 1.53. The fourth-order valence-corrected chi connectivity index (χ4v) is 8.94. The summed E-state index contributed by atoms with van der Waals surface area (Å²) in [6, 6.07) is 11.0. The van der Waals surface area contributed by atoms with Crippen LogP contribution in [0.5, 0.6) is 17.2 Å². The highest BCUT2D eigenvalue weighted by Gasteiger charge is 2.30. The first kappa shape index (κ1) is 61.9. The van der Waals surface area contributed by atoms with E-state index in [1.807, 2.05) is 161 Å². The van der Waals surface area contributed by atoms with Gasteiger partial charge in [-0.05, 0) is 82.6 Å². The maximum atomic E-state index is 13.9. The molecule has 0 amide bonds. The molecule has 414 valence electrons. The third-order valence-electron chi connectivity index (χ3n) is 13.1. The van der Waals surface area contributed by atoms with E-state index in [-0.39, 0.29) is 113 Å². The summed E-state index contributed by atoms with van der Waals surface area (Å²) in [7, 11) is 0. The number of aromatic nitrogens is 3. The van der Waals surface area contributed by atoms with Crippen molar-refractivity contribution in [1.82, 2.24) is 13.7 Å². The Labute approximate surface area is 444 Å². The number of aromatic hydroxyl groups is 3. The predicted molar refractivity (Wildman–Crippen MR) is 294 cm³/mol. The second-order valence-corrected chi connectivity index (χ2v) is 26.2. The van der Waals surface area contributed by atoms with Gasteiger partial charge in [-0.2, -0.15) is 0 Å². The van der Waals surface area contributed by atoms with Crippen LogP contribution < -0.4 is 17.1 Å². The zero-order valence-electron chi connectivity index (χ0n) is 48.3. The molecule has 0 unspecified atom stereocenters. The van der Waals surface area contributed by atoms with E-state index in [0.717, 1.165) is 47.1 Å². The Morgan fingerprint density at radius 3 is 0.693 bits per heavy atom. The Hall–Kier alpha value is -5.64. The van der Waals surface area contributed by atoms with Gasteiger partial charge in [-0.1, -0.05) is 161 Å². The maximum Gasteiger partial charge on any atom is 0.336 e. The van der Waals surface area contributed by atoms with E-state index >= 15 is 0 Å². The third kappa shape index (κ3) is 16.4. The van der Waals surface area contributed by atoms with E-state index in [1.165, 1.54) is 0 Å². The van der Waals surface area contributed by atoms with Gasteiger partial charge in [-0.3, -0.25) is 14.4 Å². The zero-order chi connectivity index (χ0) is 57.0. The molecule has 1 heterocycles. The molecule has 0 bridgehead atoms. The molecule has 0 aliphatic rings. The summed E-state index contributed by atoms with van der Waals surface area (Å²) in [6.45, 7) is 33.1. The summed E-state index contributed by atoms with van der Waals surface area (Å²) in [5.74, 6) is -0.200. The third-order valence-corrected chi connectivity index (χ3v) is 13.1. The largest absolute Gasteiger partial charge is 0.507 e. The van der Waals surface area contributed by atoms with Crippen LogP contribution in [0.15, 0.2) is 50.8 Å². The van der Waals surface area contributed by atoms with Crippen molar-refractivity contribution >= 4 is 17.3 Å². The lowest BCUT2D eigenvalue weighted by atomic mass is 9.78. The highest BCUT2D eigenvalue weighted by atomic mass is 16.5. The molecule has 0 radical (unpaired) electrons. The standard InChI is InChI=1S/C60H87N3O12/c1-55(2,3)43-28-37(29-44(49(43)67)56(4,5)6)25-40(64)34-73-22-19-61-52(70)62(20-23-74-35-41(65)26-38-30-45(57(7,8)9)50(68)46(31-38)58(10,11)12)54(72)63(53(61)71)21-24-75-36-42(66)27-39-32-47(59(13,14)15)51(69)48(33-39)60(16,17)18/h28-33,67-69H,19-27,34-36H2,1-18H3. The van der Waals surface area contributed by atoms with Crippen LogP contribution in [0.25, 0.3) is 0 Å². The smallest absolute Gasteiger partial charge is 0.336 e. The SMILES string of the molecule is CC(C)(C)c1cc(CC(=O)COCCn2c(=O)n(CCOCC(=O)Cc3cc(C(C)(C)C)c(O)c(C(C)(C)C)c3)c(=O)n(CCOCC(=O)Cc3cc(C(C)(C)C)c(O)c(C(C)(C)C)c3)c2=O)cc(C(C)(C)C)c1O. The number of hydrogen-bond donors (Lipinski definition) is 3. The minimum Gasteiger partial charge on any atom is -0.507 e. The first-order valence-electron chi connectivity index (χ1n) is 26.1. The van der Waals surface area contributed by atoms with Crippen LogP contribution >= 0.6 is 0 Å². The minimum atomic E-state index is -0.942. The summed E-state index contributed by atoms with van der Waals surface area (Å²) in [4.78, 5) is 81.7. The molecule has 0 saturated carbocycles. The number of nitrogens with zero attached hydrogens (tertiary/aromatic N) is 3. The van der Waals surface area contributed by atoms with Crippen LogP contribution in [0.2, 0.25) is 0 Å². The first-order valence-corrected chi connectivity index (χ1v) is 26.1. The van der Waals surface area contributed by atoms with Crippen LogP contribution in [-0.4, -0.2) is 86.0 Å². The van der Waals surface area contributed by atoms with Gasteiger partial charge in [0.15, 0.2) is 17.3 Å². The van der Waals surface area contributed by atoms with Crippen molar-refractivity contribution in [2.45, 2.75) is 196 Å². The van der Waals surface area contributed by atoms with E-state index in [1.54, 1.807) is 0 Å². The number of Topliss-reactive ketones (excluding diaryl/α,β-unsaturated/α-hetero) is 3. The van der Waals surface area contributed by atoms with Gasteiger partial charge in [-0.25, -0.2) is 28.1 Å². The van der Waals surface area contributed by atoms with E-state index in [9.17, 15) is 44.1 Å². The molecule has 15 nitrogen and oxygen atoms in total. The second kappa shape index (κ2) is 23.7. The highest BCUT2D eigenvalue weighted by Crippen LogP contribution is 2.42. The topological polar surface area (TPSA) is 206 Å².